The zero-order chi connectivity index (χ0) is 28.6. The van der Waals surface area contributed by atoms with Crippen molar-refractivity contribution in [2.45, 2.75) is 188 Å². The SMILES string of the molecule is CCCCCCCCCCCCCCCCP(C)(C)=O.CCCCCCCCCCCCCCP(C)CC. The van der Waals surface area contributed by atoms with Gasteiger partial charge in [0.1, 0.15) is 0 Å². The van der Waals surface area contributed by atoms with E-state index in [9.17, 15) is 4.57 Å². The van der Waals surface area contributed by atoms with Gasteiger partial charge in [-0.2, -0.15) is 0 Å². The zero-order valence-electron chi connectivity index (χ0n) is 27.8. The maximum absolute atomic E-state index is 11.5. The quantitative estimate of drug-likeness (QED) is 0.0641. The van der Waals surface area contributed by atoms with Crippen LogP contribution in [0.4, 0.5) is 0 Å². The molecular formula is C35H76OP2. The lowest BCUT2D eigenvalue weighted by Gasteiger charge is -2.08. The average Bonchev–Trinajstić information content (AvgIpc) is 2.89. The van der Waals surface area contributed by atoms with E-state index < -0.39 is 7.14 Å². The molecule has 0 aromatic rings. The lowest BCUT2D eigenvalue weighted by atomic mass is 10.0. The third-order valence-electron chi connectivity index (χ3n) is 7.98. The molecule has 1 nitrogen and oxygen atoms in total. The van der Waals surface area contributed by atoms with Gasteiger partial charge in [-0.15, -0.1) is 7.92 Å². The van der Waals surface area contributed by atoms with Crippen LogP contribution in [0.5, 0.6) is 0 Å². The Morgan fingerprint density at radius 1 is 0.421 bits per heavy atom. The number of hydrogen-bond acceptors (Lipinski definition) is 1. The van der Waals surface area contributed by atoms with Gasteiger partial charge in [0.2, 0.25) is 0 Å². The van der Waals surface area contributed by atoms with Crippen molar-refractivity contribution in [3.63, 3.8) is 0 Å². The Balaban J connectivity index is 0. The first kappa shape index (κ1) is 40.8. The third-order valence-corrected chi connectivity index (χ3v) is 11.5. The first-order valence-electron chi connectivity index (χ1n) is 17.6. The minimum absolute atomic E-state index is 0.384. The summed E-state index contributed by atoms with van der Waals surface area (Å²) in [7, 11) is -1.37. The second-order valence-electron chi connectivity index (χ2n) is 12.7. The zero-order valence-corrected chi connectivity index (χ0v) is 29.6. The van der Waals surface area contributed by atoms with E-state index >= 15 is 0 Å². The van der Waals surface area contributed by atoms with E-state index in [1.54, 1.807) is 0 Å². The fraction of sp³-hybridized carbons (Fsp3) is 1.00. The summed E-state index contributed by atoms with van der Waals surface area (Å²) in [6.07, 6.45) is 41.0. The maximum Gasteiger partial charge on any atom is 0.0819 e. The van der Waals surface area contributed by atoms with Crippen LogP contribution in [0.1, 0.15) is 188 Å². The number of rotatable bonds is 29. The molecule has 0 aromatic carbocycles. The number of hydrogen-bond donors (Lipinski definition) is 0. The van der Waals surface area contributed by atoms with E-state index in [4.69, 9.17) is 0 Å². The minimum Gasteiger partial charge on any atom is -0.324 e. The Labute approximate surface area is 245 Å². The van der Waals surface area contributed by atoms with Gasteiger partial charge in [-0.05, 0) is 45.2 Å². The summed E-state index contributed by atoms with van der Waals surface area (Å²) in [6, 6.07) is 0. The Morgan fingerprint density at radius 2 is 0.684 bits per heavy atom. The molecule has 0 radical (unpaired) electrons. The Kier molecular flexibility index (Phi) is 36.4. The Morgan fingerprint density at radius 3 is 0.947 bits per heavy atom. The summed E-state index contributed by atoms with van der Waals surface area (Å²) >= 11 is 0. The van der Waals surface area contributed by atoms with Crippen molar-refractivity contribution >= 4 is 15.1 Å². The highest BCUT2D eigenvalue weighted by molar-refractivity contribution is 7.62. The van der Waals surface area contributed by atoms with Crippen molar-refractivity contribution in [2.24, 2.45) is 0 Å². The van der Waals surface area contributed by atoms with Crippen LogP contribution in [0.15, 0.2) is 0 Å². The second kappa shape index (κ2) is 33.9. The van der Waals surface area contributed by atoms with Gasteiger partial charge < -0.3 is 4.57 Å². The van der Waals surface area contributed by atoms with Gasteiger partial charge in [-0.25, -0.2) is 0 Å². The predicted octanol–water partition coefficient (Wildman–Crippen LogP) is 13.9. The first-order valence-corrected chi connectivity index (χ1v) is 22.5. The molecule has 0 N–H and O–H groups in total. The van der Waals surface area contributed by atoms with Crippen LogP contribution in [0.25, 0.3) is 0 Å². The van der Waals surface area contributed by atoms with Gasteiger partial charge in [-0.1, -0.05) is 175 Å². The molecular weight excluding hydrogens is 498 g/mol. The molecule has 0 bridgehead atoms. The molecule has 0 saturated heterocycles. The van der Waals surface area contributed by atoms with Crippen molar-refractivity contribution in [3.05, 3.63) is 0 Å². The Hall–Kier alpha value is 0.660. The topological polar surface area (TPSA) is 17.1 Å². The van der Waals surface area contributed by atoms with E-state index in [-0.39, 0.29) is 0 Å². The van der Waals surface area contributed by atoms with Crippen LogP contribution in [-0.4, -0.2) is 38.5 Å². The molecule has 232 valence electrons. The highest BCUT2D eigenvalue weighted by atomic mass is 31.2. The summed E-state index contributed by atoms with van der Waals surface area (Å²) in [5.74, 6) is 0. The second-order valence-corrected chi connectivity index (χ2v) is 19.1. The average molecular weight is 575 g/mol. The predicted molar refractivity (Wildman–Crippen MR) is 184 cm³/mol. The molecule has 1 atom stereocenters. The van der Waals surface area contributed by atoms with E-state index in [1.807, 2.05) is 13.3 Å². The maximum atomic E-state index is 11.5. The first-order chi connectivity index (χ1) is 18.4. The molecule has 38 heavy (non-hydrogen) atoms. The molecule has 0 aromatic heterocycles. The molecule has 0 fully saturated rings. The fourth-order valence-corrected chi connectivity index (χ4v) is 7.13. The smallest absolute Gasteiger partial charge is 0.0819 e. The van der Waals surface area contributed by atoms with Gasteiger partial charge in [0.05, 0.1) is 7.14 Å². The van der Waals surface area contributed by atoms with E-state index in [2.05, 4.69) is 27.4 Å². The Bertz CT molecular complexity index is 459. The molecule has 1 unspecified atom stereocenters. The van der Waals surface area contributed by atoms with Crippen molar-refractivity contribution in [1.82, 2.24) is 0 Å². The van der Waals surface area contributed by atoms with E-state index in [1.165, 1.54) is 179 Å². The molecule has 3 heteroatoms. The molecule has 0 spiro atoms. The lowest BCUT2D eigenvalue weighted by Crippen LogP contribution is -1.87. The molecule has 0 saturated carbocycles. The molecule has 0 aliphatic carbocycles. The van der Waals surface area contributed by atoms with E-state index in [0.29, 0.717) is 7.92 Å². The highest BCUT2D eigenvalue weighted by Crippen LogP contribution is 2.37. The third kappa shape index (κ3) is 41.1. The standard InChI is InChI=1S/C18H39OP.C17H37P/c1-4-5-6-7-8-9-10-11-12-13-14-15-16-17-18-20(2,3)19;1-4-6-7-8-9-10-11-12-13-14-15-16-17-18(3)5-2/h4-18H2,1-3H3;4-17H2,1-3H3. The normalized spacial score (nSPS) is 12.4. The van der Waals surface area contributed by atoms with Gasteiger partial charge >= 0.3 is 0 Å². The van der Waals surface area contributed by atoms with Gasteiger partial charge in [0, 0.05) is 6.16 Å². The summed E-state index contributed by atoms with van der Waals surface area (Å²) in [6.45, 7) is 13.2. The fourth-order valence-electron chi connectivity index (χ4n) is 5.07. The molecule has 0 aliphatic heterocycles. The van der Waals surface area contributed by atoms with Gasteiger partial charge in [-0.3, -0.25) is 0 Å². The summed E-state index contributed by atoms with van der Waals surface area (Å²) < 4.78 is 11.5. The van der Waals surface area contributed by atoms with Crippen molar-refractivity contribution in [1.29, 1.82) is 0 Å². The van der Waals surface area contributed by atoms with Crippen LogP contribution >= 0.6 is 15.1 Å². The highest BCUT2D eigenvalue weighted by Gasteiger charge is 2.05. The van der Waals surface area contributed by atoms with Gasteiger partial charge in [0.15, 0.2) is 0 Å². The monoisotopic (exact) mass is 575 g/mol. The molecule has 0 rings (SSSR count). The van der Waals surface area contributed by atoms with Crippen molar-refractivity contribution in [2.75, 3.05) is 38.5 Å². The van der Waals surface area contributed by atoms with Crippen LogP contribution in [-0.2, 0) is 4.57 Å². The summed E-state index contributed by atoms with van der Waals surface area (Å²) in [5.41, 5.74) is 0. The summed E-state index contributed by atoms with van der Waals surface area (Å²) in [5, 5.41) is 0. The van der Waals surface area contributed by atoms with E-state index in [0.717, 1.165) is 6.16 Å². The van der Waals surface area contributed by atoms with Crippen LogP contribution in [0.3, 0.4) is 0 Å². The van der Waals surface area contributed by atoms with Crippen LogP contribution < -0.4 is 0 Å². The lowest BCUT2D eigenvalue weighted by molar-refractivity contribution is 0.537. The van der Waals surface area contributed by atoms with Crippen molar-refractivity contribution < 1.29 is 4.57 Å². The number of unbranched alkanes of at least 4 members (excludes halogenated alkanes) is 24. The molecule has 0 heterocycles. The van der Waals surface area contributed by atoms with Crippen LogP contribution in [0.2, 0.25) is 0 Å². The minimum atomic E-state index is -1.75. The summed E-state index contributed by atoms with van der Waals surface area (Å²) in [4.78, 5) is 0. The largest absolute Gasteiger partial charge is 0.324 e. The van der Waals surface area contributed by atoms with Gasteiger partial charge in [0.25, 0.3) is 0 Å². The van der Waals surface area contributed by atoms with Crippen molar-refractivity contribution in [3.8, 4) is 0 Å². The van der Waals surface area contributed by atoms with Crippen LogP contribution in [0, 0.1) is 0 Å². The molecule has 0 aliphatic rings. The molecule has 0 amide bonds.